The molecule has 3 aromatic rings. The molecule has 0 aliphatic rings. The molecule has 26 heavy (non-hydrogen) atoms. The molecule has 0 bridgehead atoms. The number of aromatic hydroxyl groups is 1. The molecule has 0 fully saturated rings. The number of carbonyl (C=O) groups excluding carboxylic acids is 1. The fourth-order valence-electron chi connectivity index (χ4n) is 2.61. The van der Waals surface area contributed by atoms with Crippen LogP contribution in [0.1, 0.15) is 16.7 Å². The SMILES string of the molecule is O=C(/C=C/c1cccc(O)c1)Cc1ccccc1COc1ccccc1. The molecule has 0 saturated carbocycles. The minimum absolute atomic E-state index is 0.000467. The molecule has 1 N–H and O–H groups in total. The molecule has 3 rings (SSSR count). The van der Waals surface area contributed by atoms with Gasteiger partial charge in [0, 0.05) is 6.42 Å². The van der Waals surface area contributed by atoms with E-state index in [1.165, 1.54) is 0 Å². The van der Waals surface area contributed by atoms with Crippen molar-refractivity contribution in [3.05, 3.63) is 102 Å². The summed E-state index contributed by atoms with van der Waals surface area (Å²) in [6.07, 6.45) is 3.57. The normalized spacial score (nSPS) is 10.8. The lowest BCUT2D eigenvalue weighted by Crippen LogP contribution is -2.05. The number of hydrogen-bond donors (Lipinski definition) is 1. The minimum atomic E-state index is 0.000467. The van der Waals surface area contributed by atoms with Crippen molar-refractivity contribution < 1.29 is 14.6 Å². The highest BCUT2D eigenvalue weighted by atomic mass is 16.5. The summed E-state index contributed by atoms with van der Waals surface area (Å²) < 4.78 is 5.80. The Balaban J connectivity index is 1.65. The molecule has 3 heteroatoms. The topological polar surface area (TPSA) is 46.5 Å². The van der Waals surface area contributed by atoms with Crippen LogP contribution in [-0.2, 0) is 17.8 Å². The van der Waals surface area contributed by atoms with Gasteiger partial charge >= 0.3 is 0 Å². The Morgan fingerprint density at radius 1 is 0.885 bits per heavy atom. The standard InChI is InChI=1S/C23H20O3/c24-21-10-6-7-18(15-21)13-14-22(25)16-19-8-4-5-9-20(19)17-26-23-11-2-1-3-12-23/h1-15,24H,16-17H2/b14-13+. The van der Waals surface area contributed by atoms with Crippen molar-refractivity contribution in [3.63, 3.8) is 0 Å². The number of phenolic OH excluding ortho intramolecular Hbond substituents is 1. The Bertz CT molecular complexity index is 898. The first kappa shape index (κ1) is 17.5. The summed E-state index contributed by atoms with van der Waals surface area (Å²) in [5.74, 6) is 0.987. The van der Waals surface area contributed by atoms with E-state index in [2.05, 4.69) is 0 Å². The molecule has 0 unspecified atom stereocenters. The fraction of sp³-hybridized carbons (Fsp3) is 0.0870. The van der Waals surface area contributed by atoms with Crippen LogP contribution in [0.15, 0.2) is 84.9 Å². The van der Waals surface area contributed by atoms with Gasteiger partial charge in [0.15, 0.2) is 5.78 Å². The van der Waals surface area contributed by atoms with Crippen molar-refractivity contribution in [1.82, 2.24) is 0 Å². The summed E-state index contributed by atoms with van der Waals surface area (Å²) in [6.45, 7) is 0.420. The molecule has 0 amide bonds. The van der Waals surface area contributed by atoms with Crippen LogP contribution in [0.4, 0.5) is 0 Å². The zero-order valence-electron chi connectivity index (χ0n) is 14.3. The zero-order valence-corrected chi connectivity index (χ0v) is 14.3. The molecule has 0 spiro atoms. The lowest BCUT2D eigenvalue weighted by Gasteiger charge is -2.10. The van der Waals surface area contributed by atoms with E-state index in [4.69, 9.17) is 4.74 Å². The number of phenols is 1. The Morgan fingerprint density at radius 2 is 1.62 bits per heavy atom. The van der Waals surface area contributed by atoms with Gasteiger partial charge in [-0.25, -0.2) is 0 Å². The highest BCUT2D eigenvalue weighted by Crippen LogP contribution is 2.16. The van der Waals surface area contributed by atoms with Crippen LogP contribution in [0.2, 0.25) is 0 Å². The van der Waals surface area contributed by atoms with Crippen LogP contribution in [-0.4, -0.2) is 10.9 Å². The van der Waals surface area contributed by atoms with Crippen molar-refractivity contribution in [1.29, 1.82) is 0 Å². The average molecular weight is 344 g/mol. The monoisotopic (exact) mass is 344 g/mol. The molecule has 0 saturated heterocycles. The molecule has 0 radical (unpaired) electrons. The van der Waals surface area contributed by atoms with Crippen molar-refractivity contribution in [2.75, 3.05) is 0 Å². The van der Waals surface area contributed by atoms with E-state index in [1.54, 1.807) is 30.4 Å². The molecule has 0 aliphatic heterocycles. The number of hydrogen-bond acceptors (Lipinski definition) is 3. The smallest absolute Gasteiger partial charge is 0.160 e. The number of allylic oxidation sites excluding steroid dienone is 1. The van der Waals surface area contributed by atoms with E-state index in [1.807, 2.05) is 60.7 Å². The van der Waals surface area contributed by atoms with Gasteiger partial charge in [0.2, 0.25) is 0 Å². The third-order valence-electron chi connectivity index (χ3n) is 3.95. The Kier molecular flexibility index (Phi) is 5.84. The number of ketones is 1. The van der Waals surface area contributed by atoms with Crippen LogP contribution >= 0.6 is 0 Å². The first-order chi connectivity index (χ1) is 12.7. The summed E-state index contributed by atoms with van der Waals surface area (Å²) >= 11 is 0. The lowest BCUT2D eigenvalue weighted by atomic mass is 10.0. The molecule has 3 aromatic carbocycles. The molecular weight excluding hydrogens is 324 g/mol. The average Bonchev–Trinajstić information content (AvgIpc) is 2.67. The van der Waals surface area contributed by atoms with Gasteiger partial charge in [0.1, 0.15) is 18.1 Å². The van der Waals surface area contributed by atoms with E-state index in [-0.39, 0.29) is 11.5 Å². The zero-order chi connectivity index (χ0) is 18.2. The summed E-state index contributed by atoms with van der Waals surface area (Å²) in [5.41, 5.74) is 2.74. The quantitative estimate of drug-likeness (QED) is 0.627. The van der Waals surface area contributed by atoms with Crippen LogP contribution in [0.3, 0.4) is 0 Å². The van der Waals surface area contributed by atoms with Gasteiger partial charge in [-0.15, -0.1) is 0 Å². The van der Waals surface area contributed by atoms with Gasteiger partial charge in [0.05, 0.1) is 0 Å². The fourth-order valence-corrected chi connectivity index (χ4v) is 2.61. The number of ether oxygens (including phenoxy) is 1. The van der Waals surface area contributed by atoms with E-state index >= 15 is 0 Å². The number of benzene rings is 3. The van der Waals surface area contributed by atoms with Crippen LogP contribution in [0, 0.1) is 0 Å². The number of para-hydroxylation sites is 1. The summed E-state index contributed by atoms with van der Waals surface area (Å²) in [4.78, 5) is 12.3. The first-order valence-corrected chi connectivity index (χ1v) is 8.45. The van der Waals surface area contributed by atoms with Crippen molar-refractivity contribution in [3.8, 4) is 11.5 Å². The largest absolute Gasteiger partial charge is 0.508 e. The molecule has 0 atom stereocenters. The second-order valence-electron chi connectivity index (χ2n) is 5.94. The third-order valence-corrected chi connectivity index (χ3v) is 3.95. The maximum absolute atomic E-state index is 12.3. The number of carbonyl (C=O) groups is 1. The van der Waals surface area contributed by atoms with Crippen molar-refractivity contribution in [2.24, 2.45) is 0 Å². The Labute approximate surface area is 153 Å². The molecule has 130 valence electrons. The van der Waals surface area contributed by atoms with Crippen molar-refractivity contribution in [2.45, 2.75) is 13.0 Å². The van der Waals surface area contributed by atoms with Gasteiger partial charge in [-0.3, -0.25) is 4.79 Å². The van der Waals surface area contributed by atoms with Crippen molar-refractivity contribution >= 4 is 11.9 Å². The van der Waals surface area contributed by atoms with Gasteiger partial charge < -0.3 is 9.84 Å². The van der Waals surface area contributed by atoms with Gasteiger partial charge in [-0.1, -0.05) is 60.7 Å². The summed E-state index contributed by atoms with van der Waals surface area (Å²) in [6, 6.07) is 24.2. The van der Waals surface area contributed by atoms with E-state index < -0.39 is 0 Å². The second kappa shape index (κ2) is 8.67. The second-order valence-corrected chi connectivity index (χ2v) is 5.94. The van der Waals surface area contributed by atoms with E-state index in [0.29, 0.717) is 13.0 Å². The lowest BCUT2D eigenvalue weighted by molar-refractivity contribution is -0.113. The highest BCUT2D eigenvalue weighted by Gasteiger charge is 2.06. The molecular formula is C23H20O3. The van der Waals surface area contributed by atoms with Gasteiger partial charge in [-0.05, 0) is 47.0 Å². The molecule has 0 aromatic heterocycles. The van der Waals surface area contributed by atoms with Gasteiger partial charge in [0.25, 0.3) is 0 Å². The summed E-state index contributed by atoms with van der Waals surface area (Å²) in [5, 5.41) is 9.47. The molecule has 3 nitrogen and oxygen atoms in total. The maximum atomic E-state index is 12.3. The minimum Gasteiger partial charge on any atom is -0.508 e. The Hall–Kier alpha value is -3.33. The highest BCUT2D eigenvalue weighted by molar-refractivity contribution is 5.95. The molecule has 0 aliphatic carbocycles. The maximum Gasteiger partial charge on any atom is 0.160 e. The third kappa shape index (κ3) is 5.08. The molecule has 0 heterocycles. The van der Waals surface area contributed by atoms with Crippen LogP contribution in [0.25, 0.3) is 6.08 Å². The van der Waals surface area contributed by atoms with Crippen LogP contribution < -0.4 is 4.74 Å². The number of rotatable bonds is 7. The summed E-state index contributed by atoms with van der Waals surface area (Å²) in [7, 11) is 0. The van der Waals surface area contributed by atoms with Crippen LogP contribution in [0.5, 0.6) is 11.5 Å². The van der Waals surface area contributed by atoms with E-state index in [0.717, 1.165) is 22.4 Å². The Morgan fingerprint density at radius 3 is 2.38 bits per heavy atom. The first-order valence-electron chi connectivity index (χ1n) is 8.45. The predicted molar refractivity (Wildman–Crippen MR) is 103 cm³/mol. The predicted octanol–water partition coefficient (Wildman–Crippen LogP) is 4.80. The van der Waals surface area contributed by atoms with Gasteiger partial charge in [-0.2, -0.15) is 0 Å². The van der Waals surface area contributed by atoms with E-state index in [9.17, 15) is 9.90 Å².